The van der Waals surface area contributed by atoms with Gasteiger partial charge in [-0.25, -0.2) is 13.1 Å². The average molecular weight is 362 g/mol. The summed E-state index contributed by atoms with van der Waals surface area (Å²) in [6.07, 6.45) is 0.852. The molecule has 2 N–H and O–H groups in total. The van der Waals surface area contributed by atoms with Crippen molar-refractivity contribution in [3.05, 3.63) is 60.2 Å². The number of sulfonamides is 1. The van der Waals surface area contributed by atoms with Crippen molar-refractivity contribution in [2.45, 2.75) is 18.2 Å². The number of amides is 1. The summed E-state index contributed by atoms with van der Waals surface area (Å²) in [5, 5.41) is 2.60. The number of ether oxygens (including phenoxy) is 1. The van der Waals surface area contributed by atoms with Gasteiger partial charge in [0, 0.05) is 13.1 Å². The van der Waals surface area contributed by atoms with Crippen LogP contribution in [0, 0.1) is 0 Å². The third kappa shape index (κ3) is 6.21. The van der Waals surface area contributed by atoms with E-state index in [1.54, 1.807) is 36.4 Å². The van der Waals surface area contributed by atoms with Crippen molar-refractivity contribution in [1.29, 1.82) is 0 Å². The summed E-state index contributed by atoms with van der Waals surface area (Å²) in [6.45, 7) is 2.18. The fourth-order valence-electron chi connectivity index (χ4n) is 2.09. The summed E-state index contributed by atoms with van der Waals surface area (Å²) in [4.78, 5) is 11.9. The Morgan fingerprint density at radius 2 is 1.68 bits per heavy atom. The Bertz CT molecular complexity index is 774. The van der Waals surface area contributed by atoms with Crippen molar-refractivity contribution in [3.63, 3.8) is 0 Å². The second kappa shape index (κ2) is 9.19. The van der Waals surface area contributed by atoms with Crippen molar-refractivity contribution >= 4 is 15.9 Å². The van der Waals surface area contributed by atoms with Crippen molar-refractivity contribution in [2.75, 3.05) is 19.7 Å². The zero-order valence-electron chi connectivity index (χ0n) is 14.1. The molecule has 0 aliphatic rings. The van der Waals surface area contributed by atoms with Crippen LogP contribution in [0.25, 0.3) is 0 Å². The predicted molar refractivity (Wildman–Crippen MR) is 96.0 cm³/mol. The normalized spacial score (nSPS) is 11.1. The first-order valence-corrected chi connectivity index (χ1v) is 9.53. The zero-order chi connectivity index (χ0) is 18.1. The van der Waals surface area contributed by atoms with Crippen LogP contribution < -0.4 is 14.8 Å². The second-order valence-electron chi connectivity index (χ2n) is 5.35. The lowest BCUT2D eigenvalue weighted by Crippen LogP contribution is -2.36. The molecule has 0 radical (unpaired) electrons. The van der Waals surface area contributed by atoms with E-state index in [9.17, 15) is 13.2 Å². The van der Waals surface area contributed by atoms with Gasteiger partial charge in [0.1, 0.15) is 5.75 Å². The Labute approximate surface area is 148 Å². The third-order valence-electron chi connectivity index (χ3n) is 3.49. The minimum atomic E-state index is -3.57. The molecule has 0 saturated carbocycles. The molecule has 1 amide bonds. The molecule has 134 valence electrons. The SMILES string of the molecule is CCc1ccc(S(=O)(=O)NCCNC(=O)COc2ccccc2)cc1. The van der Waals surface area contributed by atoms with Crippen molar-refractivity contribution in [3.8, 4) is 5.75 Å². The molecule has 0 heterocycles. The van der Waals surface area contributed by atoms with Gasteiger partial charge in [0.2, 0.25) is 10.0 Å². The van der Waals surface area contributed by atoms with Gasteiger partial charge in [0.25, 0.3) is 5.91 Å². The fourth-order valence-corrected chi connectivity index (χ4v) is 3.12. The topological polar surface area (TPSA) is 84.5 Å². The number of carbonyl (C=O) groups excluding carboxylic acids is 1. The Balaban J connectivity index is 1.71. The van der Waals surface area contributed by atoms with E-state index in [4.69, 9.17) is 4.74 Å². The summed E-state index contributed by atoms with van der Waals surface area (Å²) in [5.41, 5.74) is 1.07. The molecular formula is C18H22N2O4S. The van der Waals surface area contributed by atoms with Gasteiger partial charge in [-0.1, -0.05) is 37.3 Å². The lowest BCUT2D eigenvalue weighted by atomic mass is 10.2. The number of carbonyl (C=O) groups is 1. The van der Waals surface area contributed by atoms with Crippen molar-refractivity contribution in [1.82, 2.24) is 10.0 Å². The maximum Gasteiger partial charge on any atom is 0.257 e. The molecule has 0 bridgehead atoms. The van der Waals surface area contributed by atoms with E-state index < -0.39 is 10.0 Å². The maximum absolute atomic E-state index is 12.1. The molecule has 2 rings (SSSR count). The maximum atomic E-state index is 12.1. The molecule has 7 heteroatoms. The Kier molecular flexibility index (Phi) is 6.97. The highest BCUT2D eigenvalue weighted by atomic mass is 32.2. The van der Waals surface area contributed by atoms with Crippen LogP contribution in [-0.2, 0) is 21.2 Å². The van der Waals surface area contributed by atoms with Gasteiger partial charge < -0.3 is 10.1 Å². The number of hydrogen-bond donors (Lipinski definition) is 2. The number of nitrogens with one attached hydrogen (secondary N) is 2. The molecule has 0 saturated heterocycles. The van der Waals surface area contributed by atoms with Gasteiger partial charge in [-0.15, -0.1) is 0 Å². The van der Waals surface area contributed by atoms with Gasteiger partial charge in [-0.2, -0.15) is 0 Å². The Morgan fingerprint density at radius 3 is 2.32 bits per heavy atom. The van der Waals surface area contributed by atoms with Gasteiger partial charge >= 0.3 is 0 Å². The van der Waals surface area contributed by atoms with E-state index in [2.05, 4.69) is 10.0 Å². The quantitative estimate of drug-likeness (QED) is 0.665. The molecule has 2 aromatic carbocycles. The minimum absolute atomic E-state index is 0.106. The van der Waals surface area contributed by atoms with Crippen LogP contribution in [0.3, 0.4) is 0 Å². The number of para-hydroxylation sites is 1. The highest BCUT2D eigenvalue weighted by Gasteiger charge is 2.13. The van der Waals surface area contributed by atoms with Crippen LogP contribution in [0.4, 0.5) is 0 Å². The predicted octanol–water partition coefficient (Wildman–Crippen LogP) is 1.72. The van der Waals surface area contributed by atoms with Crippen LogP contribution in [0.5, 0.6) is 5.75 Å². The van der Waals surface area contributed by atoms with Gasteiger partial charge in [-0.05, 0) is 36.2 Å². The van der Waals surface area contributed by atoms with Crippen LogP contribution in [-0.4, -0.2) is 34.0 Å². The van der Waals surface area contributed by atoms with Gasteiger partial charge in [-0.3, -0.25) is 4.79 Å². The van der Waals surface area contributed by atoms with E-state index in [1.165, 1.54) is 0 Å². The van der Waals surface area contributed by atoms with E-state index >= 15 is 0 Å². The lowest BCUT2D eigenvalue weighted by Gasteiger charge is -2.09. The van der Waals surface area contributed by atoms with Crippen LogP contribution in [0.2, 0.25) is 0 Å². The lowest BCUT2D eigenvalue weighted by molar-refractivity contribution is -0.123. The van der Waals surface area contributed by atoms with Crippen LogP contribution in [0.15, 0.2) is 59.5 Å². The smallest absolute Gasteiger partial charge is 0.257 e. The molecule has 0 aromatic heterocycles. The summed E-state index contributed by atoms with van der Waals surface area (Å²) in [6, 6.07) is 15.7. The average Bonchev–Trinajstić information content (AvgIpc) is 2.64. The Morgan fingerprint density at radius 1 is 1.00 bits per heavy atom. The third-order valence-corrected chi connectivity index (χ3v) is 4.97. The highest BCUT2D eigenvalue weighted by molar-refractivity contribution is 7.89. The highest BCUT2D eigenvalue weighted by Crippen LogP contribution is 2.10. The summed E-state index contributed by atoms with van der Waals surface area (Å²) in [5.74, 6) is 0.296. The number of benzene rings is 2. The first-order chi connectivity index (χ1) is 12.0. The van der Waals surface area contributed by atoms with E-state index in [1.807, 2.05) is 25.1 Å². The zero-order valence-corrected chi connectivity index (χ0v) is 14.9. The molecule has 0 aliphatic carbocycles. The first kappa shape index (κ1) is 19.0. The molecule has 6 nitrogen and oxygen atoms in total. The molecule has 0 aliphatic heterocycles. The van der Waals surface area contributed by atoms with Crippen molar-refractivity contribution in [2.24, 2.45) is 0 Å². The summed E-state index contributed by atoms with van der Waals surface area (Å²) < 4.78 is 32.0. The molecule has 2 aromatic rings. The van der Waals surface area contributed by atoms with Gasteiger partial charge in [0.05, 0.1) is 4.90 Å². The Hall–Kier alpha value is -2.38. The second-order valence-corrected chi connectivity index (χ2v) is 7.11. The standard InChI is InChI=1S/C18H22N2O4S/c1-2-15-8-10-17(11-9-15)25(22,23)20-13-12-19-18(21)14-24-16-6-4-3-5-7-16/h3-11,20H,2,12-14H2,1H3,(H,19,21). The molecule has 0 atom stereocenters. The minimum Gasteiger partial charge on any atom is -0.484 e. The van der Waals surface area contributed by atoms with Crippen molar-refractivity contribution < 1.29 is 17.9 Å². The van der Waals surface area contributed by atoms with E-state index in [0.29, 0.717) is 5.75 Å². The summed E-state index contributed by atoms with van der Waals surface area (Å²) >= 11 is 0. The summed E-state index contributed by atoms with van der Waals surface area (Å²) in [7, 11) is -3.57. The largest absolute Gasteiger partial charge is 0.484 e. The molecule has 0 fully saturated rings. The number of rotatable bonds is 9. The van der Waals surface area contributed by atoms with Crippen LogP contribution >= 0.6 is 0 Å². The van der Waals surface area contributed by atoms with Gasteiger partial charge in [0.15, 0.2) is 6.61 Å². The number of hydrogen-bond acceptors (Lipinski definition) is 4. The molecule has 25 heavy (non-hydrogen) atoms. The molecule has 0 spiro atoms. The number of aryl methyl sites for hydroxylation is 1. The van der Waals surface area contributed by atoms with E-state index in [0.717, 1.165) is 12.0 Å². The molecular weight excluding hydrogens is 340 g/mol. The first-order valence-electron chi connectivity index (χ1n) is 8.04. The van der Waals surface area contributed by atoms with E-state index in [-0.39, 0.29) is 30.5 Å². The molecule has 0 unspecified atom stereocenters. The monoisotopic (exact) mass is 362 g/mol. The fraction of sp³-hybridized carbons (Fsp3) is 0.278. The van der Waals surface area contributed by atoms with Crippen LogP contribution in [0.1, 0.15) is 12.5 Å².